The highest BCUT2D eigenvalue weighted by molar-refractivity contribution is 6.00. The van der Waals surface area contributed by atoms with Crippen LogP contribution in [0.2, 0.25) is 0 Å². The lowest BCUT2D eigenvalue weighted by molar-refractivity contribution is -0.137. The molecule has 3 N–H and O–H groups in total. The van der Waals surface area contributed by atoms with Crippen LogP contribution in [0.25, 0.3) is 0 Å². The largest absolute Gasteiger partial charge is 0.486 e. The fourth-order valence-electron chi connectivity index (χ4n) is 3.05. The zero-order valence-electron chi connectivity index (χ0n) is 16.8. The molecule has 0 saturated heterocycles. The van der Waals surface area contributed by atoms with Gasteiger partial charge in [0.25, 0.3) is 5.91 Å². The van der Waals surface area contributed by atoms with E-state index in [1.807, 2.05) is 0 Å². The standard InChI is InChI=1S/C21H18F3N5O3/c1-25-19(30)13-4-2-3-5-15(13)28-18-14(21(22,23)24)11-26-20(29-18)27-12-6-7-16-17(10-12)32-9-8-31-16/h2-7,10-11H,8-9H2,1H3,(H,25,30)(H2,26,27,28,29). The van der Waals surface area contributed by atoms with E-state index in [0.29, 0.717) is 36.6 Å². The van der Waals surface area contributed by atoms with Crippen molar-refractivity contribution >= 4 is 29.0 Å². The number of benzene rings is 2. The van der Waals surface area contributed by atoms with Gasteiger partial charge in [-0.05, 0) is 24.3 Å². The third kappa shape index (κ3) is 4.51. The molecule has 166 valence electrons. The second-order valence-corrected chi connectivity index (χ2v) is 6.69. The fraction of sp³-hybridized carbons (Fsp3) is 0.190. The molecule has 0 atom stereocenters. The number of hydrogen-bond donors (Lipinski definition) is 3. The molecule has 0 aliphatic carbocycles. The van der Waals surface area contributed by atoms with Crippen LogP contribution in [0.5, 0.6) is 11.5 Å². The molecule has 11 heteroatoms. The Morgan fingerprint density at radius 2 is 1.78 bits per heavy atom. The Kier molecular flexibility index (Phi) is 5.71. The summed E-state index contributed by atoms with van der Waals surface area (Å²) in [5.41, 5.74) is -0.230. The number of fused-ring (bicyclic) bond motifs is 1. The first-order valence-corrected chi connectivity index (χ1v) is 9.54. The summed E-state index contributed by atoms with van der Waals surface area (Å²) in [6.45, 7) is 0.834. The molecule has 1 amide bonds. The Hall–Kier alpha value is -4.02. The predicted molar refractivity (Wildman–Crippen MR) is 111 cm³/mol. The van der Waals surface area contributed by atoms with E-state index < -0.39 is 23.5 Å². The van der Waals surface area contributed by atoms with Crippen LogP contribution in [0, 0.1) is 0 Å². The third-order valence-electron chi connectivity index (χ3n) is 4.54. The van der Waals surface area contributed by atoms with Gasteiger partial charge in [0.1, 0.15) is 24.6 Å². The summed E-state index contributed by atoms with van der Waals surface area (Å²) in [4.78, 5) is 19.9. The molecule has 8 nitrogen and oxygen atoms in total. The molecule has 3 aromatic rings. The van der Waals surface area contributed by atoms with Crippen molar-refractivity contribution in [2.45, 2.75) is 6.18 Å². The van der Waals surface area contributed by atoms with Gasteiger partial charge in [-0.15, -0.1) is 0 Å². The Balaban J connectivity index is 1.67. The van der Waals surface area contributed by atoms with Crippen molar-refractivity contribution in [3.8, 4) is 11.5 Å². The minimum absolute atomic E-state index is 0.0744. The first-order chi connectivity index (χ1) is 15.3. The number of anilines is 4. The lowest BCUT2D eigenvalue weighted by atomic mass is 10.1. The highest BCUT2D eigenvalue weighted by atomic mass is 19.4. The molecule has 1 aliphatic heterocycles. The number of halogens is 3. The van der Waals surface area contributed by atoms with E-state index in [0.717, 1.165) is 0 Å². The number of rotatable bonds is 5. The van der Waals surface area contributed by atoms with Gasteiger partial charge in [0.15, 0.2) is 11.5 Å². The summed E-state index contributed by atoms with van der Waals surface area (Å²) in [5.74, 6) is 0.0538. The van der Waals surface area contributed by atoms with Crippen LogP contribution in [0.1, 0.15) is 15.9 Å². The molecule has 0 saturated carbocycles. The van der Waals surface area contributed by atoms with Gasteiger partial charge in [-0.3, -0.25) is 4.79 Å². The van der Waals surface area contributed by atoms with Crippen LogP contribution in [0.15, 0.2) is 48.7 Å². The van der Waals surface area contributed by atoms with Gasteiger partial charge in [-0.2, -0.15) is 18.2 Å². The number of ether oxygens (including phenoxy) is 2. The summed E-state index contributed by atoms with van der Waals surface area (Å²) in [6, 6.07) is 11.2. The second-order valence-electron chi connectivity index (χ2n) is 6.69. The van der Waals surface area contributed by atoms with Crippen molar-refractivity contribution in [1.29, 1.82) is 0 Å². The van der Waals surface area contributed by atoms with E-state index in [-0.39, 0.29) is 17.2 Å². The van der Waals surface area contributed by atoms with Crippen LogP contribution in [0.3, 0.4) is 0 Å². The van der Waals surface area contributed by atoms with Crippen molar-refractivity contribution in [3.05, 3.63) is 59.8 Å². The SMILES string of the molecule is CNC(=O)c1ccccc1Nc1nc(Nc2ccc3c(c2)OCCO3)ncc1C(F)(F)F. The molecule has 32 heavy (non-hydrogen) atoms. The highest BCUT2D eigenvalue weighted by Crippen LogP contribution is 2.37. The smallest absolute Gasteiger partial charge is 0.421 e. The lowest BCUT2D eigenvalue weighted by Crippen LogP contribution is -2.20. The number of carbonyl (C=O) groups is 1. The average molecular weight is 445 g/mol. The summed E-state index contributed by atoms with van der Waals surface area (Å²) < 4.78 is 51.7. The number of nitrogens with zero attached hydrogens (tertiary/aromatic N) is 2. The second kappa shape index (κ2) is 8.61. The summed E-state index contributed by atoms with van der Waals surface area (Å²) in [7, 11) is 1.43. The minimum atomic E-state index is -4.71. The molecule has 4 rings (SSSR count). The molecule has 1 aliphatic rings. The normalized spacial score (nSPS) is 12.8. The van der Waals surface area contributed by atoms with Crippen LogP contribution in [-0.4, -0.2) is 36.1 Å². The quantitative estimate of drug-likeness (QED) is 0.544. The molecule has 2 heterocycles. The summed E-state index contributed by atoms with van der Waals surface area (Å²) in [5, 5.41) is 7.94. The topological polar surface area (TPSA) is 97.4 Å². The number of carbonyl (C=O) groups excluding carboxylic acids is 1. The van der Waals surface area contributed by atoms with Crippen molar-refractivity contribution in [1.82, 2.24) is 15.3 Å². The number of nitrogens with one attached hydrogen (secondary N) is 3. The zero-order chi connectivity index (χ0) is 22.7. The Morgan fingerprint density at radius 1 is 1.03 bits per heavy atom. The summed E-state index contributed by atoms with van der Waals surface area (Å²) in [6.07, 6.45) is -4.03. The molecular formula is C21H18F3N5O3. The number of hydrogen-bond acceptors (Lipinski definition) is 7. The minimum Gasteiger partial charge on any atom is -0.486 e. The maximum absolute atomic E-state index is 13.6. The monoisotopic (exact) mass is 445 g/mol. The van der Waals surface area contributed by atoms with Gasteiger partial charge in [-0.1, -0.05) is 12.1 Å². The van der Waals surface area contributed by atoms with Gasteiger partial charge >= 0.3 is 6.18 Å². The Bertz CT molecular complexity index is 1150. The van der Waals surface area contributed by atoms with Gasteiger partial charge < -0.3 is 25.4 Å². The van der Waals surface area contributed by atoms with E-state index in [1.165, 1.54) is 19.2 Å². The third-order valence-corrected chi connectivity index (χ3v) is 4.54. The van der Waals surface area contributed by atoms with Gasteiger partial charge in [-0.25, -0.2) is 4.98 Å². The predicted octanol–water partition coefficient (Wildman–Crippen LogP) is 4.11. The number of amides is 1. The Labute approximate surface area is 180 Å². The van der Waals surface area contributed by atoms with Crippen molar-refractivity contribution in [3.63, 3.8) is 0 Å². The Morgan fingerprint density at radius 3 is 2.53 bits per heavy atom. The lowest BCUT2D eigenvalue weighted by Gasteiger charge is -2.19. The van der Waals surface area contributed by atoms with Crippen molar-refractivity contribution in [2.24, 2.45) is 0 Å². The first-order valence-electron chi connectivity index (χ1n) is 9.54. The maximum atomic E-state index is 13.6. The van der Waals surface area contributed by atoms with E-state index in [2.05, 4.69) is 25.9 Å². The molecule has 1 aromatic heterocycles. The number of alkyl halides is 3. The van der Waals surface area contributed by atoms with Crippen LogP contribution in [0.4, 0.5) is 36.3 Å². The first kappa shape index (κ1) is 21.2. The van der Waals surface area contributed by atoms with Gasteiger partial charge in [0, 0.05) is 25.0 Å². The van der Waals surface area contributed by atoms with Crippen molar-refractivity contribution < 1.29 is 27.4 Å². The molecule has 0 bridgehead atoms. The zero-order valence-corrected chi connectivity index (χ0v) is 16.8. The van der Waals surface area contributed by atoms with E-state index in [9.17, 15) is 18.0 Å². The van der Waals surface area contributed by atoms with Crippen molar-refractivity contribution in [2.75, 3.05) is 30.9 Å². The molecule has 0 fully saturated rings. The fourth-order valence-corrected chi connectivity index (χ4v) is 3.05. The highest BCUT2D eigenvalue weighted by Gasteiger charge is 2.35. The molecule has 2 aromatic carbocycles. The molecular weight excluding hydrogens is 427 g/mol. The van der Waals surface area contributed by atoms with Crippen LogP contribution < -0.4 is 25.4 Å². The van der Waals surface area contributed by atoms with E-state index in [1.54, 1.807) is 30.3 Å². The number of aromatic nitrogens is 2. The van der Waals surface area contributed by atoms with Crippen LogP contribution in [-0.2, 0) is 6.18 Å². The van der Waals surface area contributed by atoms with E-state index in [4.69, 9.17) is 9.47 Å². The average Bonchev–Trinajstić information content (AvgIpc) is 2.78. The van der Waals surface area contributed by atoms with E-state index >= 15 is 0 Å². The maximum Gasteiger partial charge on any atom is 0.421 e. The molecule has 0 radical (unpaired) electrons. The van der Waals surface area contributed by atoms with Crippen LogP contribution >= 0.6 is 0 Å². The molecule has 0 spiro atoms. The number of para-hydroxylation sites is 1. The molecule has 0 unspecified atom stereocenters. The summed E-state index contributed by atoms with van der Waals surface area (Å²) >= 11 is 0. The van der Waals surface area contributed by atoms with Gasteiger partial charge in [0.05, 0.1) is 11.3 Å². The van der Waals surface area contributed by atoms with Gasteiger partial charge in [0.2, 0.25) is 5.95 Å².